The van der Waals surface area contributed by atoms with Crippen molar-refractivity contribution in [2.45, 2.75) is 69.3 Å². The van der Waals surface area contributed by atoms with Crippen LogP contribution in [0.25, 0.3) is 0 Å². The van der Waals surface area contributed by atoms with Crippen molar-refractivity contribution in [1.82, 2.24) is 10.6 Å². The molecule has 2 aromatic carbocycles. The van der Waals surface area contributed by atoms with E-state index in [4.69, 9.17) is 38.2 Å². The van der Waals surface area contributed by atoms with E-state index in [0.717, 1.165) is 0 Å². The highest BCUT2D eigenvalue weighted by atomic mass is 35.5. The average Bonchev–Trinajstić information content (AvgIpc) is 3.38. The number of fused-ring (bicyclic) bond motifs is 2. The van der Waals surface area contributed by atoms with Gasteiger partial charge < -0.3 is 31.3 Å². The molecule has 2 amide bonds. The van der Waals surface area contributed by atoms with E-state index in [1.54, 1.807) is 18.2 Å². The van der Waals surface area contributed by atoms with Crippen molar-refractivity contribution in [3.05, 3.63) is 63.4 Å². The lowest BCUT2D eigenvalue weighted by molar-refractivity contribution is -0.192. The van der Waals surface area contributed by atoms with Crippen LogP contribution in [0.3, 0.4) is 0 Å². The maximum absolute atomic E-state index is 14.9. The zero-order chi connectivity index (χ0) is 33.2. The normalized spacial score (nSPS) is 23.4. The number of aliphatic hydroxyl groups is 2. The van der Waals surface area contributed by atoms with E-state index in [0.29, 0.717) is 28.3 Å². The second kappa shape index (κ2) is 13.6. The number of alkyl halides is 3. The van der Waals surface area contributed by atoms with Gasteiger partial charge in [-0.3, -0.25) is 9.59 Å². The number of carboxylic acid groups (broad SMARTS) is 1. The van der Waals surface area contributed by atoms with E-state index in [1.807, 2.05) is 26.8 Å². The Morgan fingerprint density at radius 3 is 2.32 bits per heavy atom. The van der Waals surface area contributed by atoms with Gasteiger partial charge in [0.25, 0.3) is 0 Å². The Bertz CT molecular complexity index is 1400. The summed E-state index contributed by atoms with van der Waals surface area (Å²) in [5.41, 5.74) is -0.0573. The van der Waals surface area contributed by atoms with E-state index >= 15 is 0 Å². The first-order valence-corrected chi connectivity index (χ1v) is 14.3. The lowest BCUT2D eigenvalue weighted by atomic mass is 9.62. The number of anilines is 1. The van der Waals surface area contributed by atoms with Gasteiger partial charge >= 0.3 is 12.1 Å². The molecule has 2 aliphatic rings. The number of benzene rings is 2. The predicted octanol–water partition coefficient (Wildman–Crippen LogP) is 4.38. The predicted molar refractivity (Wildman–Crippen MR) is 155 cm³/mol. The van der Waals surface area contributed by atoms with Crippen molar-refractivity contribution in [3.63, 3.8) is 0 Å². The summed E-state index contributed by atoms with van der Waals surface area (Å²) in [4.78, 5) is 36.5. The van der Waals surface area contributed by atoms with Crippen LogP contribution in [-0.2, 0) is 19.8 Å². The maximum Gasteiger partial charge on any atom is 0.490 e. The number of carbonyl (C=O) groups is 3. The molecular formula is C29H33Cl2F4N3O6. The summed E-state index contributed by atoms with van der Waals surface area (Å²) in [6.45, 7) is 5.83. The second-order valence-corrected chi connectivity index (χ2v) is 12.7. The number of aliphatic carboxylic acids is 1. The second-order valence-electron chi connectivity index (χ2n) is 11.8. The average molecular weight is 666 g/mol. The van der Waals surface area contributed by atoms with Crippen molar-refractivity contribution < 1.29 is 47.3 Å². The SMILES string of the molecule is CC(C)(C)C[C@H]1N[C@@H](C(=O)NCC[C@H](O)CO)[C@H](c2cccc(Cl)c2)[C@@]12C(=O)Nc1cc(Cl)c(F)cc12.O=C(O)C(F)(F)F. The van der Waals surface area contributed by atoms with Crippen molar-refractivity contribution in [2.75, 3.05) is 18.5 Å². The minimum absolute atomic E-state index is 0.106. The maximum atomic E-state index is 14.9. The number of halogens is 6. The highest BCUT2D eigenvalue weighted by molar-refractivity contribution is 6.31. The van der Waals surface area contributed by atoms with Gasteiger partial charge in [0.15, 0.2) is 0 Å². The van der Waals surface area contributed by atoms with Gasteiger partial charge in [-0.2, -0.15) is 13.2 Å². The molecule has 4 rings (SSSR count). The standard InChI is InChI=1S/C27H32Cl2FN3O4.C2HF3O2/c1-26(2,3)12-21-27(17-10-19(30)18(29)11-20(17)32-25(27)37)22(14-5-4-6-15(28)9-14)23(33-21)24(36)31-8-7-16(35)13-34;3-2(4,5)1(6)7/h4-6,9-11,16,21-23,33-35H,7-8,12-13H2,1-3H3,(H,31,36)(H,32,37);(H,6,7)/t16-,21+,22-,23+,27-;/m0./s1. The molecule has 6 N–H and O–H groups in total. The molecule has 0 saturated carbocycles. The fraction of sp³-hybridized carbons (Fsp3) is 0.483. The molecule has 0 unspecified atom stereocenters. The quantitative estimate of drug-likeness (QED) is 0.241. The summed E-state index contributed by atoms with van der Waals surface area (Å²) in [5, 5.41) is 35.4. The van der Waals surface area contributed by atoms with E-state index in [9.17, 15) is 32.3 Å². The molecule has 242 valence electrons. The molecule has 44 heavy (non-hydrogen) atoms. The van der Waals surface area contributed by atoms with E-state index in [-0.39, 0.29) is 35.2 Å². The highest BCUT2D eigenvalue weighted by Gasteiger charge is 2.65. The van der Waals surface area contributed by atoms with Crippen LogP contribution in [-0.4, -0.2) is 70.6 Å². The Hall–Kier alpha value is -2.97. The zero-order valence-corrected chi connectivity index (χ0v) is 25.4. The number of rotatable bonds is 7. The van der Waals surface area contributed by atoms with Gasteiger partial charge in [-0.25, -0.2) is 9.18 Å². The minimum Gasteiger partial charge on any atom is -0.475 e. The van der Waals surface area contributed by atoms with Gasteiger partial charge in [-0.1, -0.05) is 56.1 Å². The number of nitrogens with one attached hydrogen (secondary N) is 3. The molecule has 2 aromatic rings. The number of carboxylic acids is 1. The Balaban J connectivity index is 0.000000676. The van der Waals surface area contributed by atoms with Crippen LogP contribution in [0.1, 0.15) is 50.7 Å². The van der Waals surface area contributed by atoms with Crippen molar-refractivity contribution in [3.8, 4) is 0 Å². The van der Waals surface area contributed by atoms with Crippen LogP contribution in [0.15, 0.2) is 36.4 Å². The first kappa shape index (κ1) is 35.5. The number of carbonyl (C=O) groups excluding carboxylic acids is 2. The monoisotopic (exact) mass is 665 g/mol. The molecule has 2 heterocycles. The Morgan fingerprint density at radius 2 is 1.77 bits per heavy atom. The summed E-state index contributed by atoms with van der Waals surface area (Å²) in [7, 11) is 0. The van der Waals surface area contributed by atoms with Crippen LogP contribution in [0.2, 0.25) is 10.0 Å². The summed E-state index contributed by atoms with van der Waals surface area (Å²) in [6.07, 6.45) is -5.37. The first-order chi connectivity index (χ1) is 20.3. The van der Waals surface area contributed by atoms with Gasteiger partial charge in [0.05, 0.1) is 23.8 Å². The molecule has 0 radical (unpaired) electrons. The third-order valence-corrected chi connectivity index (χ3v) is 7.95. The molecule has 5 atom stereocenters. The Labute approximate surface area is 260 Å². The molecule has 0 bridgehead atoms. The molecule has 1 spiro atoms. The molecule has 15 heteroatoms. The van der Waals surface area contributed by atoms with Gasteiger partial charge in [0.1, 0.15) is 11.2 Å². The third-order valence-electron chi connectivity index (χ3n) is 7.42. The number of hydrogen-bond donors (Lipinski definition) is 6. The third kappa shape index (κ3) is 7.63. The summed E-state index contributed by atoms with van der Waals surface area (Å²) in [6, 6.07) is 8.30. The van der Waals surface area contributed by atoms with E-state index in [2.05, 4.69) is 16.0 Å². The first-order valence-electron chi connectivity index (χ1n) is 13.5. The van der Waals surface area contributed by atoms with E-state index < -0.39 is 54.1 Å². The fourth-order valence-corrected chi connectivity index (χ4v) is 6.06. The molecule has 0 aliphatic carbocycles. The topological polar surface area (TPSA) is 148 Å². The Kier molecular flexibility index (Phi) is 11.0. The van der Waals surface area contributed by atoms with Crippen LogP contribution in [0.5, 0.6) is 0 Å². The largest absolute Gasteiger partial charge is 0.490 e. The summed E-state index contributed by atoms with van der Waals surface area (Å²) < 4.78 is 46.6. The van der Waals surface area contributed by atoms with Crippen LogP contribution in [0, 0.1) is 11.2 Å². The lowest BCUT2D eigenvalue weighted by Gasteiger charge is -2.37. The van der Waals surface area contributed by atoms with Crippen LogP contribution < -0.4 is 16.0 Å². The summed E-state index contributed by atoms with van der Waals surface area (Å²) >= 11 is 12.4. The lowest BCUT2D eigenvalue weighted by Crippen LogP contribution is -2.49. The van der Waals surface area contributed by atoms with Crippen LogP contribution >= 0.6 is 23.2 Å². The number of aliphatic hydroxyl groups excluding tert-OH is 2. The molecule has 1 saturated heterocycles. The fourth-order valence-electron chi connectivity index (χ4n) is 5.70. The number of amides is 2. The Morgan fingerprint density at radius 1 is 1.14 bits per heavy atom. The molecule has 1 fully saturated rings. The zero-order valence-electron chi connectivity index (χ0n) is 23.9. The molecular weight excluding hydrogens is 633 g/mol. The van der Waals surface area contributed by atoms with Gasteiger partial charge in [-0.15, -0.1) is 0 Å². The van der Waals surface area contributed by atoms with Gasteiger partial charge in [-0.05, 0) is 53.6 Å². The molecule has 9 nitrogen and oxygen atoms in total. The van der Waals surface area contributed by atoms with Crippen molar-refractivity contribution in [1.29, 1.82) is 0 Å². The van der Waals surface area contributed by atoms with Crippen molar-refractivity contribution >= 4 is 46.7 Å². The number of hydrogen-bond acceptors (Lipinski definition) is 6. The van der Waals surface area contributed by atoms with Crippen LogP contribution in [0.4, 0.5) is 23.2 Å². The highest BCUT2D eigenvalue weighted by Crippen LogP contribution is 2.57. The molecule has 2 aliphatic heterocycles. The smallest absolute Gasteiger partial charge is 0.475 e. The van der Waals surface area contributed by atoms with E-state index in [1.165, 1.54) is 12.1 Å². The van der Waals surface area contributed by atoms with Gasteiger partial charge in [0.2, 0.25) is 11.8 Å². The summed E-state index contributed by atoms with van der Waals surface area (Å²) in [5.74, 6) is -4.86. The molecule has 0 aromatic heterocycles. The van der Waals surface area contributed by atoms with Gasteiger partial charge in [0, 0.05) is 29.2 Å². The minimum atomic E-state index is -5.08. The van der Waals surface area contributed by atoms with Crippen molar-refractivity contribution in [2.24, 2.45) is 5.41 Å².